The van der Waals surface area contributed by atoms with Gasteiger partial charge in [0.05, 0.1) is 22.8 Å². The molecule has 0 aliphatic carbocycles. The maximum Gasteiger partial charge on any atom is 3.00 e. The predicted octanol–water partition coefficient (Wildman–Crippen LogP) is -6.25. The Hall–Kier alpha value is -0.121. The molecule has 1 aromatic rings. The Morgan fingerprint density at radius 2 is 1.25 bits per heavy atom. The van der Waals surface area contributed by atoms with Gasteiger partial charge in [0.15, 0.2) is 0 Å². The van der Waals surface area contributed by atoms with Gasteiger partial charge in [0.2, 0.25) is 0 Å². The zero-order chi connectivity index (χ0) is 12.0. The number of halogens is 3. The van der Waals surface area contributed by atoms with Crippen molar-refractivity contribution in [2.24, 2.45) is 9.98 Å². The first kappa shape index (κ1) is 28.1. The summed E-state index contributed by atoms with van der Waals surface area (Å²) in [6, 6.07) is 5.97. The Morgan fingerprint density at radius 3 is 1.55 bits per heavy atom. The summed E-state index contributed by atoms with van der Waals surface area (Å²) in [6.07, 6.45) is 0. The van der Waals surface area contributed by atoms with Crippen LogP contribution in [0.1, 0.15) is 39.1 Å². The summed E-state index contributed by atoms with van der Waals surface area (Å²) < 4.78 is 0. The van der Waals surface area contributed by atoms with Crippen LogP contribution in [0.3, 0.4) is 0 Å². The maximum absolute atomic E-state index is 4.55. The molecule has 0 amide bonds. The molecule has 0 atom stereocenters. The van der Waals surface area contributed by atoms with Gasteiger partial charge in [0.25, 0.3) is 0 Å². The van der Waals surface area contributed by atoms with Gasteiger partial charge in [-0.3, -0.25) is 9.98 Å². The van der Waals surface area contributed by atoms with Gasteiger partial charge in [-0.1, -0.05) is 6.07 Å². The van der Waals surface area contributed by atoms with Crippen LogP contribution in [-0.4, -0.2) is 29.5 Å². The fourth-order valence-corrected chi connectivity index (χ4v) is 1.47. The molecule has 0 spiro atoms. The fourth-order valence-electron chi connectivity index (χ4n) is 1.47. The van der Waals surface area contributed by atoms with E-state index in [0.717, 1.165) is 35.9 Å². The minimum absolute atomic E-state index is 0. The Kier molecular flexibility index (Phi) is 21.5. The zero-order valence-corrected chi connectivity index (χ0v) is 15.3. The van der Waals surface area contributed by atoms with E-state index in [0.29, 0.717) is 0 Å². The molecule has 0 unspecified atom stereocenters. The van der Waals surface area contributed by atoms with Crippen LogP contribution < -0.4 is 37.2 Å². The molecule has 0 saturated carbocycles. The van der Waals surface area contributed by atoms with Crippen LogP contribution in [0.15, 0.2) is 28.2 Å². The van der Waals surface area contributed by atoms with Crippen LogP contribution in [0.25, 0.3) is 0 Å². The van der Waals surface area contributed by atoms with Crippen molar-refractivity contribution in [1.82, 2.24) is 4.98 Å². The third-order valence-electron chi connectivity index (χ3n) is 2.28. The number of pyridine rings is 1. The Bertz CT molecular complexity index is 388. The van der Waals surface area contributed by atoms with E-state index in [4.69, 9.17) is 0 Å². The monoisotopic (exact) mass is 378 g/mol. The summed E-state index contributed by atoms with van der Waals surface area (Å²) in [6.45, 7) is 9.61. The third-order valence-corrected chi connectivity index (χ3v) is 2.28. The van der Waals surface area contributed by atoms with Crippen LogP contribution in [0.5, 0.6) is 0 Å². The topological polar surface area (TPSA) is 37.6 Å². The number of aromatic nitrogens is 1. The molecule has 0 aliphatic heterocycles. The molecule has 1 rings (SSSR count). The molecule has 0 aromatic carbocycles. The number of nitrogens with zero attached hydrogens (tertiary/aromatic N) is 3. The molecule has 115 valence electrons. The first-order valence-corrected chi connectivity index (χ1v) is 5.69. The van der Waals surface area contributed by atoms with E-state index in [9.17, 15) is 0 Å². The molecular formula is C13H19Cl3FeN3. The Morgan fingerprint density at radius 1 is 0.900 bits per heavy atom. The van der Waals surface area contributed by atoms with Gasteiger partial charge in [-0.25, -0.2) is 4.98 Å². The van der Waals surface area contributed by atoms with Crippen molar-refractivity contribution in [2.45, 2.75) is 27.7 Å². The van der Waals surface area contributed by atoms with E-state index in [-0.39, 0.29) is 54.3 Å². The van der Waals surface area contributed by atoms with Crippen LogP contribution in [0.4, 0.5) is 0 Å². The van der Waals surface area contributed by atoms with Crippen molar-refractivity contribution >= 4 is 11.4 Å². The van der Waals surface area contributed by atoms with Crippen molar-refractivity contribution in [3.63, 3.8) is 0 Å². The Labute approximate surface area is 150 Å². The minimum atomic E-state index is 0. The first-order chi connectivity index (χ1) is 7.69. The summed E-state index contributed by atoms with van der Waals surface area (Å²) in [4.78, 5) is 13.3. The van der Waals surface area contributed by atoms with Crippen molar-refractivity contribution in [3.05, 3.63) is 29.6 Å². The molecule has 3 nitrogen and oxygen atoms in total. The summed E-state index contributed by atoms with van der Waals surface area (Å²) in [7, 11) is 0. The zero-order valence-electron chi connectivity index (χ0n) is 12.0. The summed E-state index contributed by atoms with van der Waals surface area (Å²) in [5.41, 5.74) is 3.83. The van der Waals surface area contributed by atoms with Crippen molar-refractivity contribution in [1.29, 1.82) is 0 Å². The first-order valence-electron chi connectivity index (χ1n) is 5.69. The molecule has 1 heterocycles. The molecule has 7 heteroatoms. The molecule has 0 N–H and O–H groups in total. The van der Waals surface area contributed by atoms with Crippen LogP contribution in [-0.2, 0) is 17.1 Å². The number of hydrogen-bond acceptors (Lipinski definition) is 3. The van der Waals surface area contributed by atoms with Gasteiger partial charge in [-0.05, 0) is 39.8 Å². The normalized spacial score (nSPS) is 10.4. The smallest absolute Gasteiger partial charge is 1.00 e. The van der Waals surface area contributed by atoms with Gasteiger partial charge in [-0.15, -0.1) is 0 Å². The Balaban J connectivity index is -0.000000320. The van der Waals surface area contributed by atoms with Gasteiger partial charge < -0.3 is 37.2 Å². The second-order valence-electron chi connectivity index (χ2n) is 3.53. The van der Waals surface area contributed by atoms with E-state index in [1.807, 2.05) is 45.9 Å². The number of hydrogen-bond donors (Lipinski definition) is 0. The summed E-state index contributed by atoms with van der Waals surface area (Å²) >= 11 is 0. The van der Waals surface area contributed by atoms with E-state index < -0.39 is 0 Å². The van der Waals surface area contributed by atoms with Gasteiger partial charge in [0.1, 0.15) is 0 Å². The maximum atomic E-state index is 4.55. The van der Waals surface area contributed by atoms with Gasteiger partial charge in [0, 0.05) is 13.1 Å². The number of rotatable bonds is 4. The van der Waals surface area contributed by atoms with E-state index in [2.05, 4.69) is 15.0 Å². The molecule has 1 radical (unpaired) electrons. The standard InChI is InChI=1S/C13H19N3.3ClH.Fe/c1-5-14-10(3)12-8-7-9-13(16-12)11(4)15-6-2;;;;/h7-9H,5-6H2,1-4H3;3*1H;/q;;;;+3/p-3. The quantitative estimate of drug-likeness (QED) is 0.379. The largest absolute Gasteiger partial charge is 3.00 e. The second kappa shape index (κ2) is 15.3. The molecule has 0 fully saturated rings. The van der Waals surface area contributed by atoms with Gasteiger partial charge >= 0.3 is 17.1 Å². The SMILES string of the molecule is CCN=C(C)c1cccc(C(C)=NCC)n1.[Cl-].[Cl-].[Cl-].[Fe+3]. The van der Waals surface area contributed by atoms with Crippen molar-refractivity contribution in [2.75, 3.05) is 13.1 Å². The molecular weight excluding hydrogens is 360 g/mol. The predicted molar refractivity (Wildman–Crippen MR) is 69.7 cm³/mol. The van der Waals surface area contributed by atoms with Crippen molar-refractivity contribution < 1.29 is 54.3 Å². The molecule has 20 heavy (non-hydrogen) atoms. The average molecular weight is 380 g/mol. The molecule has 0 bridgehead atoms. The summed E-state index contributed by atoms with van der Waals surface area (Å²) in [5.74, 6) is 0. The molecule has 1 aromatic heterocycles. The van der Waals surface area contributed by atoms with Gasteiger partial charge in [-0.2, -0.15) is 0 Å². The average Bonchev–Trinajstić information content (AvgIpc) is 2.30. The summed E-state index contributed by atoms with van der Waals surface area (Å²) in [5, 5.41) is 0. The fraction of sp³-hybridized carbons (Fsp3) is 0.462. The number of aliphatic imine (C=N–C) groups is 2. The minimum Gasteiger partial charge on any atom is -1.00 e. The molecule has 0 saturated heterocycles. The second-order valence-corrected chi connectivity index (χ2v) is 3.53. The van der Waals surface area contributed by atoms with E-state index >= 15 is 0 Å². The van der Waals surface area contributed by atoms with Crippen LogP contribution >= 0.6 is 0 Å². The molecule has 0 aliphatic rings. The third kappa shape index (κ3) is 8.93. The van der Waals surface area contributed by atoms with Crippen LogP contribution in [0, 0.1) is 0 Å². The van der Waals surface area contributed by atoms with E-state index in [1.54, 1.807) is 0 Å². The van der Waals surface area contributed by atoms with Crippen molar-refractivity contribution in [3.8, 4) is 0 Å². The van der Waals surface area contributed by atoms with Crippen LogP contribution in [0.2, 0.25) is 0 Å². The van der Waals surface area contributed by atoms with E-state index in [1.165, 1.54) is 0 Å².